The van der Waals surface area contributed by atoms with Crippen molar-refractivity contribution in [1.82, 2.24) is 9.80 Å². The molecule has 0 aliphatic carbocycles. The first-order valence-electron chi connectivity index (χ1n) is 12.0. The monoisotopic (exact) mass is 523 g/mol. The first-order valence-corrected chi connectivity index (χ1v) is 12.0. The van der Waals surface area contributed by atoms with Crippen LogP contribution in [0, 0.1) is 0 Å². The predicted octanol–water partition coefficient (Wildman–Crippen LogP) is 0.544. The maximum Gasteiger partial charge on any atom is 0.279 e. The maximum atomic E-state index is 14.2. The third kappa shape index (κ3) is 2.84. The fraction of sp³-hybridized carbons (Fsp3) is 0.179. The van der Waals surface area contributed by atoms with E-state index in [1.165, 1.54) is 30.9 Å². The molecule has 0 aromatic heterocycles. The quantitative estimate of drug-likeness (QED) is 0.541. The normalized spacial score (nSPS) is 23.7. The summed E-state index contributed by atoms with van der Waals surface area (Å²) in [5.41, 5.74) is -1.66. The minimum Gasteiger partial charge on any atom is -0.314 e. The molecule has 0 spiro atoms. The molecule has 0 saturated carbocycles. The number of nitrogens with zero attached hydrogens (tertiary/aromatic N) is 5. The number of hydrogen-bond acceptors (Lipinski definition) is 7. The van der Waals surface area contributed by atoms with Crippen LogP contribution in [-0.4, -0.2) is 79.1 Å². The lowest BCUT2D eigenvalue weighted by molar-refractivity contribution is -0.137. The number of fused-ring (bicyclic) bond motifs is 2. The van der Waals surface area contributed by atoms with Crippen LogP contribution in [0.1, 0.15) is 11.1 Å². The molecule has 0 saturated heterocycles. The number of amides is 6. The highest BCUT2D eigenvalue weighted by molar-refractivity contribution is 6.54. The molecule has 11 nitrogen and oxygen atoms in total. The van der Waals surface area contributed by atoms with Gasteiger partial charge < -0.3 is 9.80 Å². The van der Waals surface area contributed by atoms with Gasteiger partial charge in [-0.2, -0.15) is 0 Å². The fourth-order valence-corrected chi connectivity index (χ4v) is 5.67. The molecule has 4 heterocycles. The minimum absolute atomic E-state index is 0.0841. The highest BCUT2D eigenvalue weighted by Crippen LogP contribution is 2.54. The number of hydrogen-bond donors (Lipinski definition) is 0. The van der Waals surface area contributed by atoms with E-state index in [0.717, 1.165) is 15.9 Å². The Balaban J connectivity index is 1.74. The molecule has 4 aliphatic rings. The van der Waals surface area contributed by atoms with E-state index in [1.54, 1.807) is 55.6 Å². The Hall–Kier alpha value is -5.19. The van der Waals surface area contributed by atoms with Crippen LogP contribution in [0.3, 0.4) is 0 Å². The van der Waals surface area contributed by atoms with Gasteiger partial charge in [0.05, 0.1) is 11.3 Å². The van der Waals surface area contributed by atoms with Gasteiger partial charge in [0.25, 0.3) is 29.5 Å². The van der Waals surface area contributed by atoms with E-state index in [0.29, 0.717) is 16.9 Å². The summed E-state index contributed by atoms with van der Waals surface area (Å²) in [6.07, 6.45) is 1.02. The Bertz CT molecular complexity index is 1700. The molecular weight excluding hydrogens is 502 g/mol. The summed E-state index contributed by atoms with van der Waals surface area (Å²) in [7, 11) is 5.55. The molecule has 1 atom stereocenters. The number of carbonyl (C=O) groups excluding carboxylic acids is 6. The molecular formula is C28H21N5O6. The van der Waals surface area contributed by atoms with Gasteiger partial charge in [-0.3, -0.25) is 38.6 Å². The largest absolute Gasteiger partial charge is 0.314 e. The van der Waals surface area contributed by atoms with Gasteiger partial charge in [-0.15, -0.1) is 0 Å². The van der Waals surface area contributed by atoms with Crippen LogP contribution in [0.4, 0.5) is 11.4 Å². The van der Waals surface area contributed by atoms with Crippen molar-refractivity contribution in [3.8, 4) is 0 Å². The van der Waals surface area contributed by atoms with Gasteiger partial charge >= 0.3 is 0 Å². The van der Waals surface area contributed by atoms with Gasteiger partial charge in [0, 0.05) is 56.7 Å². The summed E-state index contributed by atoms with van der Waals surface area (Å²) >= 11 is 0. The molecule has 0 fully saturated rings. The Morgan fingerprint density at radius 3 is 1.95 bits per heavy atom. The third-order valence-corrected chi connectivity index (χ3v) is 7.72. The summed E-state index contributed by atoms with van der Waals surface area (Å²) < 4.78 is 0. The summed E-state index contributed by atoms with van der Waals surface area (Å²) in [6, 6.07) is 13.4. The second-order valence-electron chi connectivity index (χ2n) is 9.63. The van der Waals surface area contributed by atoms with Crippen molar-refractivity contribution in [1.29, 1.82) is 0 Å². The predicted molar refractivity (Wildman–Crippen MR) is 139 cm³/mol. The standard InChI is InChI=1S/C28H21N5O6/c1-30-17-11-7-5-9-14(17)21(25(30)37)29-22-20(24(36)33(4)26(22)38)28(16-13-19(34)32(3)23(16)35)15-10-6-8-12-18(15)31(2)27(28)39/h5-13H,1-4H3. The smallest absolute Gasteiger partial charge is 0.279 e. The van der Waals surface area contributed by atoms with E-state index in [-0.39, 0.29) is 22.4 Å². The number of anilines is 2. The van der Waals surface area contributed by atoms with Gasteiger partial charge in [-0.25, -0.2) is 4.99 Å². The van der Waals surface area contributed by atoms with E-state index < -0.39 is 46.6 Å². The van der Waals surface area contributed by atoms with Gasteiger partial charge in [-0.1, -0.05) is 36.4 Å². The van der Waals surface area contributed by atoms with E-state index in [2.05, 4.69) is 4.99 Å². The number of benzene rings is 2. The summed E-state index contributed by atoms with van der Waals surface area (Å²) in [5.74, 6) is -4.36. The summed E-state index contributed by atoms with van der Waals surface area (Å²) in [4.78, 5) is 89.7. The molecule has 2 aromatic carbocycles. The van der Waals surface area contributed by atoms with Crippen molar-refractivity contribution in [3.05, 3.63) is 82.6 Å². The van der Waals surface area contributed by atoms with E-state index in [1.807, 2.05) is 0 Å². The average molecular weight is 524 g/mol. The van der Waals surface area contributed by atoms with Crippen molar-refractivity contribution in [3.63, 3.8) is 0 Å². The molecule has 0 bridgehead atoms. The highest BCUT2D eigenvalue weighted by Gasteiger charge is 2.64. The number of likely N-dealkylation sites (N-methyl/N-ethyl adjacent to an activating group) is 4. The van der Waals surface area contributed by atoms with Crippen LogP contribution >= 0.6 is 0 Å². The number of carbonyl (C=O) groups is 6. The van der Waals surface area contributed by atoms with E-state index >= 15 is 0 Å². The van der Waals surface area contributed by atoms with Crippen LogP contribution < -0.4 is 9.80 Å². The lowest BCUT2D eigenvalue weighted by Gasteiger charge is -2.30. The molecule has 0 radical (unpaired) electrons. The Kier molecular flexibility index (Phi) is 4.90. The Labute approximate surface area is 222 Å². The van der Waals surface area contributed by atoms with Crippen LogP contribution in [0.5, 0.6) is 0 Å². The number of imide groups is 2. The molecule has 1 unspecified atom stereocenters. The van der Waals surface area contributed by atoms with Crippen molar-refractivity contribution in [2.24, 2.45) is 4.99 Å². The van der Waals surface area contributed by atoms with Gasteiger partial charge in [0.15, 0.2) is 0 Å². The van der Waals surface area contributed by atoms with Gasteiger partial charge in [0.1, 0.15) is 16.8 Å². The number of rotatable bonds is 3. The zero-order valence-electron chi connectivity index (χ0n) is 21.4. The van der Waals surface area contributed by atoms with E-state index in [4.69, 9.17) is 0 Å². The fourth-order valence-electron chi connectivity index (χ4n) is 5.67. The second kappa shape index (κ2) is 7.90. The lowest BCUT2D eigenvalue weighted by atomic mass is 9.68. The summed E-state index contributed by atoms with van der Waals surface area (Å²) in [5, 5.41) is 0. The van der Waals surface area contributed by atoms with Crippen LogP contribution in [-0.2, 0) is 34.2 Å². The number of para-hydroxylation sites is 2. The second-order valence-corrected chi connectivity index (χ2v) is 9.63. The zero-order chi connectivity index (χ0) is 28.0. The molecule has 6 amide bonds. The highest BCUT2D eigenvalue weighted by atomic mass is 16.2. The van der Waals surface area contributed by atoms with Crippen molar-refractivity contribution in [2.75, 3.05) is 38.0 Å². The summed E-state index contributed by atoms with van der Waals surface area (Å²) in [6.45, 7) is 0. The van der Waals surface area contributed by atoms with Crippen LogP contribution in [0.15, 0.2) is 76.4 Å². The topological polar surface area (TPSA) is 128 Å². The third-order valence-electron chi connectivity index (χ3n) is 7.72. The molecule has 2 aromatic rings. The van der Waals surface area contributed by atoms with Crippen LogP contribution in [0.2, 0.25) is 0 Å². The maximum absolute atomic E-state index is 14.2. The van der Waals surface area contributed by atoms with Gasteiger partial charge in [0.2, 0.25) is 5.91 Å². The SMILES string of the molecule is CN1C(=O)C=C(C2(C3=C(N=C4C(=O)N(C)c5ccccc54)C(=O)N(C)C3=O)C(=O)N(C)c3ccccc32)C1=O. The average Bonchev–Trinajstić information content (AvgIpc) is 3.51. The Morgan fingerprint density at radius 2 is 1.28 bits per heavy atom. The molecule has 4 aliphatic heterocycles. The molecule has 11 heteroatoms. The first kappa shape index (κ1) is 24.2. The van der Waals surface area contributed by atoms with Crippen molar-refractivity contribution in [2.45, 2.75) is 5.41 Å². The Morgan fingerprint density at radius 1 is 0.641 bits per heavy atom. The zero-order valence-corrected chi connectivity index (χ0v) is 21.4. The molecule has 194 valence electrons. The molecule has 6 rings (SSSR count). The first-order chi connectivity index (χ1) is 18.5. The van der Waals surface area contributed by atoms with Crippen molar-refractivity contribution >= 4 is 52.5 Å². The van der Waals surface area contributed by atoms with Crippen LogP contribution in [0.25, 0.3) is 0 Å². The number of aliphatic imine (C=N–C) groups is 1. The van der Waals surface area contributed by atoms with Crippen molar-refractivity contribution < 1.29 is 28.8 Å². The van der Waals surface area contributed by atoms with Gasteiger partial charge in [-0.05, 0) is 12.1 Å². The lowest BCUT2D eigenvalue weighted by Crippen LogP contribution is -2.47. The minimum atomic E-state index is -2.15. The molecule has 39 heavy (non-hydrogen) atoms. The van der Waals surface area contributed by atoms with E-state index in [9.17, 15) is 28.8 Å². The molecule has 0 N–H and O–H groups in total.